The van der Waals surface area contributed by atoms with E-state index in [0.29, 0.717) is 4.51 Å². The normalized spacial score (nSPS) is 10.8. The smallest absolute Gasteiger partial charge is 0.158 e. The van der Waals surface area contributed by atoms with Gasteiger partial charge in [0.05, 0.1) is 28.0 Å². The molecular formula is C11H8N4S. The van der Waals surface area contributed by atoms with E-state index in [-0.39, 0.29) is 0 Å². The topological polar surface area (TPSA) is 46.5 Å². The average Bonchev–Trinajstić information content (AvgIpc) is 2.75. The maximum absolute atomic E-state index is 5.18. The van der Waals surface area contributed by atoms with E-state index in [1.807, 2.05) is 30.3 Å². The van der Waals surface area contributed by atoms with Crippen LogP contribution in [0.4, 0.5) is 0 Å². The highest BCUT2D eigenvalue weighted by Crippen LogP contribution is 2.15. The Hall–Kier alpha value is -2.01. The molecule has 0 saturated heterocycles. The second-order valence-corrected chi connectivity index (χ2v) is 3.83. The molecule has 0 unspecified atom stereocenters. The van der Waals surface area contributed by atoms with E-state index < -0.39 is 0 Å². The van der Waals surface area contributed by atoms with Crippen LogP contribution in [-0.4, -0.2) is 20.0 Å². The number of aromatic nitrogens is 4. The maximum Gasteiger partial charge on any atom is 0.158 e. The van der Waals surface area contributed by atoms with Crippen molar-refractivity contribution in [2.75, 3.05) is 0 Å². The van der Waals surface area contributed by atoms with Crippen LogP contribution in [0.5, 0.6) is 0 Å². The van der Waals surface area contributed by atoms with E-state index in [2.05, 4.69) is 15.3 Å². The second kappa shape index (κ2) is 3.53. The summed E-state index contributed by atoms with van der Waals surface area (Å²) >= 11 is 5.18. The number of fused-ring (bicyclic) bond motifs is 1. The van der Waals surface area contributed by atoms with Crippen molar-refractivity contribution >= 4 is 23.3 Å². The molecule has 1 aromatic carbocycles. The van der Waals surface area contributed by atoms with Gasteiger partial charge in [0.15, 0.2) is 5.65 Å². The Labute approximate surface area is 96.5 Å². The first-order valence-corrected chi connectivity index (χ1v) is 5.24. The lowest BCUT2D eigenvalue weighted by molar-refractivity contribution is 0.880. The highest BCUT2D eigenvalue weighted by atomic mass is 32.1. The Kier molecular flexibility index (Phi) is 2.04. The van der Waals surface area contributed by atoms with Crippen molar-refractivity contribution in [1.82, 2.24) is 20.0 Å². The second-order valence-electron chi connectivity index (χ2n) is 3.39. The molecule has 0 bridgehead atoms. The molecule has 0 spiro atoms. The molecule has 0 aliphatic heterocycles. The fourth-order valence-electron chi connectivity index (χ4n) is 1.62. The fourth-order valence-corrected chi connectivity index (χ4v) is 1.82. The zero-order valence-electron chi connectivity index (χ0n) is 8.29. The van der Waals surface area contributed by atoms with Crippen molar-refractivity contribution < 1.29 is 0 Å². The van der Waals surface area contributed by atoms with Crippen LogP contribution in [0, 0.1) is 4.51 Å². The van der Waals surface area contributed by atoms with Crippen molar-refractivity contribution in [3.63, 3.8) is 0 Å². The Morgan fingerprint density at radius 2 is 1.94 bits per heavy atom. The first-order chi connectivity index (χ1) is 7.86. The number of H-pyrrole nitrogens is 1. The molecular weight excluding hydrogens is 220 g/mol. The number of para-hydroxylation sites is 1. The molecule has 3 aromatic rings. The van der Waals surface area contributed by atoms with E-state index in [1.54, 1.807) is 17.1 Å². The third-order valence-electron chi connectivity index (χ3n) is 2.39. The van der Waals surface area contributed by atoms with Gasteiger partial charge in [-0.05, 0) is 12.1 Å². The molecule has 78 valence electrons. The standard InChI is InChI=1S/C11H8N4S/c16-10-7-12-14-11-9(10)6-13-15(11)8-4-2-1-3-5-8/h1-7H,(H,14,16). The third kappa shape index (κ3) is 1.33. The van der Waals surface area contributed by atoms with E-state index in [9.17, 15) is 0 Å². The lowest BCUT2D eigenvalue weighted by Crippen LogP contribution is -1.97. The van der Waals surface area contributed by atoms with Gasteiger partial charge in [-0.15, -0.1) is 0 Å². The summed E-state index contributed by atoms with van der Waals surface area (Å²) in [4.78, 5) is 0. The molecule has 0 saturated carbocycles. The van der Waals surface area contributed by atoms with Gasteiger partial charge in [-0.1, -0.05) is 30.4 Å². The number of aromatic amines is 1. The molecule has 0 aliphatic carbocycles. The van der Waals surface area contributed by atoms with Gasteiger partial charge < -0.3 is 0 Å². The van der Waals surface area contributed by atoms with Crippen LogP contribution >= 0.6 is 12.2 Å². The number of hydrogen-bond donors (Lipinski definition) is 1. The van der Waals surface area contributed by atoms with Gasteiger partial charge in [0.25, 0.3) is 0 Å². The molecule has 0 amide bonds. The van der Waals surface area contributed by atoms with Gasteiger partial charge in [0, 0.05) is 0 Å². The maximum atomic E-state index is 5.18. The van der Waals surface area contributed by atoms with Gasteiger partial charge in [0.1, 0.15) is 0 Å². The van der Waals surface area contributed by atoms with Crippen LogP contribution in [0.3, 0.4) is 0 Å². The summed E-state index contributed by atoms with van der Waals surface area (Å²) in [5, 5.41) is 12.1. The quantitative estimate of drug-likeness (QED) is 0.651. The molecule has 2 heterocycles. The van der Waals surface area contributed by atoms with Crippen LogP contribution < -0.4 is 0 Å². The molecule has 0 atom stereocenters. The van der Waals surface area contributed by atoms with E-state index in [1.165, 1.54) is 0 Å². The lowest BCUT2D eigenvalue weighted by Gasteiger charge is -2.01. The molecule has 0 radical (unpaired) electrons. The minimum atomic E-state index is 0.705. The van der Waals surface area contributed by atoms with Crippen LogP contribution in [-0.2, 0) is 0 Å². The first-order valence-electron chi connectivity index (χ1n) is 4.83. The number of hydrogen-bond acceptors (Lipinski definition) is 3. The number of benzene rings is 1. The SMILES string of the molecule is S=c1cn[nH]c2c1cnn2-c1ccccc1. The Bertz CT molecular complexity index is 684. The lowest BCUT2D eigenvalue weighted by atomic mass is 10.3. The summed E-state index contributed by atoms with van der Waals surface area (Å²) in [5.74, 6) is 0. The Morgan fingerprint density at radius 3 is 2.75 bits per heavy atom. The largest absolute Gasteiger partial charge is 0.261 e. The summed E-state index contributed by atoms with van der Waals surface area (Å²) in [6, 6.07) is 9.87. The van der Waals surface area contributed by atoms with Gasteiger partial charge in [-0.25, -0.2) is 4.68 Å². The van der Waals surface area contributed by atoms with Gasteiger partial charge in [-0.2, -0.15) is 10.2 Å². The highest BCUT2D eigenvalue weighted by Gasteiger charge is 2.05. The van der Waals surface area contributed by atoms with Crippen molar-refractivity contribution in [1.29, 1.82) is 0 Å². The molecule has 0 aliphatic rings. The van der Waals surface area contributed by atoms with Crippen molar-refractivity contribution in [3.8, 4) is 5.69 Å². The summed E-state index contributed by atoms with van der Waals surface area (Å²) in [6.07, 6.45) is 3.37. The Morgan fingerprint density at radius 1 is 1.12 bits per heavy atom. The summed E-state index contributed by atoms with van der Waals surface area (Å²) in [6.45, 7) is 0. The average molecular weight is 228 g/mol. The van der Waals surface area contributed by atoms with Crippen LogP contribution in [0.25, 0.3) is 16.7 Å². The highest BCUT2D eigenvalue weighted by molar-refractivity contribution is 7.71. The zero-order chi connectivity index (χ0) is 11.0. The summed E-state index contributed by atoms with van der Waals surface area (Å²) in [7, 11) is 0. The fraction of sp³-hybridized carbons (Fsp3) is 0. The van der Waals surface area contributed by atoms with Gasteiger partial charge in [0.2, 0.25) is 0 Å². The molecule has 2 aromatic heterocycles. The predicted octanol–water partition coefficient (Wildman–Crippen LogP) is 2.48. The zero-order valence-corrected chi connectivity index (χ0v) is 9.11. The van der Waals surface area contributed by atoms with Crippen molar-refractivity contribution in [3.05, 3.63) is 47.2 Å². The number of nitrogens with one attached hydrogen (secondary N) is 1. The van der Waals surface area contributed by atoms with Crippen molar-refractivity contribution in [2.24, 2.45) is 0 Å². The van der Waals surface area contributed by atoms with Crippen LogP contribution in [0.2, 0.25) is 0 Å². The molecule has 3 rings (SSSR count). The Balaban J connectivity index is 2.34. The van der Waals surface area contributed by atoms with Crippen LogP contribution in [0.15, 0.2) is 42.7 Å². The first kappa shape index (κ1) is 9.23. The van der Waals surface area contributed by atoms with E-state index in [4.69, 9.17) is 12.2 Å². The third-order valence-corrected chi connectivity index (χ3v) is 2.71. The van der Waals surface area contributed by atoms with Crippen LogP contribution in [0.1, 0.15) is 0 Å². The van der Waals surface area contributed by atoms with Crippen molar-refractivity contribution in [2.45, 2.75) is 0 Å². The molecule has 16 heavy (non-hydrogen) atoms. The molecule has 5 heteroatoms. The minimum Gasteiger partial charge on any atom is -0.261 e. The summed E-state index contributed by atoms with van der Waals surface area (Å²) in [5.41, 5.74) is 1.80. The molecule has 1 N–H and O–H groups in total. The van der Waals surface area contributed by atoms with Gasteiger partial charge >= 0.3 is 0 Å². The van der Waals surface area contributed by atoms with E-state index >= 15 is 0 Å². The minimum absolute atomic E-state index is 0.705. The summed E-state index contributed by atoms with van der Waals surface area (Å²) < 4.78 is 2.49. The van der Waals surface area contributed by atoms with Gasteiger partial charge in [-0.3, -0.25) is 5.10 Å². The number of rotatable bonds is 1. The predicted molar refractivity (Wildman–Crippen MR) is 64.0 cm³/mol. The molecule has 4 nitrogen and oxygen atoms in total. The number of nitrogens with zero attached hydrogens (tertiary/aromatic N) is 3. The van der Waals surface area contributed by atoms with E-state index in [0.717, 1.165) is 16.7 Å². The monoisotopic (exact) mass is 228 g/mol. The molecule has 0 fully saturated rings.